The van der Waals surface area contributed by atoms with E-state index in [-0.39, 0.29) is 0 Å². The maximum atomic E-state index is 4.11. The zero-order valence-corrected chi connectivity index (χ0v) is 4.46. The molecule has 0 radical (unpaired) electrons. The van der Waals surface area contributed by atoms with Gasteiger partial charge in [0.2, 0.25) is 0 Å². The fourth-order valence-corrected chi connectivity index (χ4v) is 1.46. The van der Waals surface area contributed by atoms with Gasteiger partial charge in [0.1, 0.15) is 0 Å². The predicted molar refractivity (Wildman–Crippen MR) is 30.0 cm³/mol. The second kappa shape index (κ2) is 1.14. The van der Waals surface area contributed by atoms with Crippen molar-refractivity contribution in [2.24, 2.45) is 4.99 Å². The molecule has 0 aromatic rings. The smallest absolute Gasteiger partial charge is 0.172 e. The van der Waals surface area contributed by atoms with Gasteiger partial charge in [0, 0.05) is 0 Å². The lowest BCUT2D eigenvalue weighted by Gasteiger charge is -2.02. The summed E-state index contributed by atoms with van der Waals surface area (Å²) in [4.78, 5) is 4.11. The molecule has 2 bridgehead atoms. The molecule has 2 N–H and O–H groups in total. The molecule has 0 aromatic heterocycles. The quantitative estimate of drug-likeness (QED) is 0.448. The molecule has 0 saturated carbocycles. The lowest BCUT2D eigenvalue weighted by Crippen LogP contribution is -2.36. The van der Waals surface area contributed by atoms with E-state index in [9.17, 15) is 0 Å². The Kier molecular flexibility index (Phi) is 0.608. The number of amidine groups is 1. The standard InChI is InChI=1S/C3H5N3S/c1-2-5-6-3(4-1)7-2/h2,5H,1H2,(H,4,6). The van der Waals surface area contributed by atoms with Crippen LogP contribution in [0.15, 0.2) is 4.99 Å². The van der Waals surface area contributed by atoms with E-state index in [1.54, 1.807) is 11.8 Å². The maximum absolute atomic E-state index is 4.11. The number of hydrogen-bond acceptors (Lipinski definition) is 4. The van der Waals surface area contributed by atoms with Crippen LogP contribution < -0.4 is 10.9 Å². The van der Waals surface area contributed by atoms with Crippen LogP contribution in [0.4, 0.5) is 0 Å². The SMILES string of the molecule is C1N=C2NNC1S2. The third-order valence-corrected chi connectivity index (χ3v) is 2.00. The first-order chi connectivity index (χ1) is 3.45. The zero-order valence-electron chi connectivity index (χ0n) is 3.64. The van der Waals surface area contributed by atoms with E-state index in [0.717, 1.165) is 11.7 Å². The fraction of sp³-hybridized carbons (Fsp3) is 0.667. The molecular weight excluding hydrogens is 110 g/mol. The molecule has 2 heterocycles. The Labute approximate surface area is 45.5 Å². The first kappa shape index (κ1) is 3.74. The molecule has 1 saturated heterocycles. The van der Waals surface area contributed by atoms with E-state index in [4.69, 9.17) is 0 Å². The number of hydrogen-bond donors (Lipinski definition) is 2. The lowest BCUT2D eigenvalue weighted by molar-refractivity contribution is 0.620. The van der Waals surface area contributed by atoms with Crippen molar-refractivity contribution in [3.8, 4) is 0 Å². The van der Waals surface area contributed by atoms with Crippen molar-refractivity contribution in [1.29, 1.82) is 0 Å². The Morgan fingerprint density at radius 1 is 1.86 bits per heavy atom. The Morgan fingerprint density at radius 3 is 3.00 bits per heavy atom. The van der Waals surface area contributed by atoms with Gasteiger partial charge >= 0.3 is 0 Å². The van der Waals surface area contributed by atoms with Crippen LogP contribution in [0, 0.1) is 0 Å². The molecule has 2 aliphatic heterocycles. The largest absolute Gasteiger partial charge is 0.299 e. The third-order valence-electron chi connectivity index (χ3n) is 0.995. The van der Waals surface area contributed by atoms with Gasteiger partial charge in [-0.15, -0.1) is 0 Å². The summed E-state index contributed by atoms with van der Waals surface area (Å²) in [6.45, 7) is 0.938. The molecule has 3 nitrogen and oxygen atoms in total. The Morgan fingerprint density at radius 2 is 2.86 bits per heavy atom. The minimum Gasteiger partial charge on any atom is -0.299 e. The highest BCUT2D eigenvalue weighted by atomic mass is 32.2. The van der Waals surface area contributed by atoms with Gasteiger partial charge in [-0.25, -0.2) is 5.43 Å². The van der Waals surface area contributed by atoms with Crippen LogP contribution in [0.5, 0.6) is 0 Å². The van der Waals surface area contributed by atoms with Crippen LogP contribution in [0.2, 0.25) is 0 Å². The van der Waals surface area contributed by atoms with Crippen molar-refractivity contribution in [2.75, 3.05) is 6.54 Å². The number of hydrazine groups is 1. The zero-order chi connectivity index (χ0) is 4.69. The van der Waals surface area contributed by atoms with Gasteiger partial charge in [0.25, 0.3) is 0 Å². The first-order valence-electron chi connectivity index (χ1n) is 2.18. The van der Waals surface area contributed by atoms with Crippen molar-refractivity contribution >= 4 is 16.9 Å². The van der Waals surface area contributed by atoms with Gasteiger partial charge in [0.15, 0.2) is 5.17 Å². The number of rotatable bonds is 0. The van der Waals surface area contributed by atoms with Crippen molar-refractivity contribution in [3.05, 3.63) is 0 Å². The monoisotopic (exact) mass is 115 g/mol. The van der Waals surface area contributed by atoms with Gasteiger partial charge in [-0.1, -0.05) is 11.8 Å². The van der Waals surface area contributed by atoms with Crippen molar-refractivity contribution in [1.82, 2.24) is 10.9 Å². The normalized spacial score (nSPS) is 35.4. The Balaban J connectivity index is 2.30. The van der Waals surface area contributed by atoms with Gasteiger partial charge in [-0.05, 0) is 0 Å². The molecule has 0 aromatic carbocycles. The molecule has 0 amide bonds. The Hall–Kier alpha value is -0.220. The van der Waals surface area contributed by atoms with Crippen molar-refractivity contribution < 1.29 is 0 Å². The minimum atomic E-state index is 0.523. The molecule has 1 atom stereocenters. The van der Waals surface area contributed by atoms with Crippen LogP contribution in [-0.2, 0) is 0 Å². The van der Waals surface area contributed by atoms with Crippen LogP contribution >= 0.6 is 11.8 Å². The summed E-state index contributed by atoms with van der Waals surface area (Å²) in [6, 6.07) is 0. The van der Waals surface area contributed by atoms with E-state index in [2.05, 4.69) is 15.8 Å². The summed E-state index contributed by atoms with van der Waals surface area (Å²) in [7, 11) is 0. The van der Waals surface area contributed by atoms with Crippen LogP contribution in [0.1, 0.15) is 0 Å². The topological polar surface area (TPSA) is 36.4 Å². The molecule has 7 heavy (non-hydrogen) atoms. The fourth-order valence-electron chi connectivity index (χ4n) is 0.661. The average molecular weight is 115 g/mol. The third kappa shape index (κ3) is 0.435. The number of nitrogens with zero attached hydrogens (tertiary/aromatic N) is 1. The highest BCUT2D eigenvalue weighted by Crippen LogP contribution is 2.20. The highest BCUT2D eigenvalue weighted by molar-refractivity contribution is 8.14. The highest BCUT2D eigenvalue weighted by Gasteiger charge is 2.25. The average Bonchev–Trinajstić information content (AvgIpc) is 2.22. The molecule has 0 spiro atoms. The van der Waals surface area contributed by atoms with Crippen molar-refractivity contribution in [3.63, 3.8) is 0 Å². The molecule has 0 aliphatic carbocycles. The molecule has 2 rings (SSSR count). The molecule has 1 fully saturated rings. The van der Waals surface area contributed by atoms with Crippen molar-refractivity contribution in [2.45, 2.75) is 5.37 Å². The Bertz CT molecular complexity index is 121. The van der Waals surface area contributed by atoms with Crippen LogP contribution in [-0.4, -0.2) is 17.1 Å². The molecule has 38 valence electrons. The maximum Gasteiger partial charge on any atom is 0.172 e. The number of thioether (sulfide) groups is 1. The number of nitrogens with one attached hydrogen (secondary N) is 2. The molecule has 1 unspecified atom stereocenters. The van der Waals surface area contributed by atoms with Gasteiger partial charge in [-0.3, -0.25) is 10.4 Å². The van der Waals surface area contributed by atoms with E-state index < -0.39 is 0 Å². The second-order valence-electron chi connectivity index (χ2n) is 1.52. The summed E-state index contributed by atoms with van der Waals surface area (Å²) < 4.78 is 0. The summed E-state index contributed by atoms with van der Waals surface area (Å²) in [5.74, 6) is 0. The molecular formula is C3H5N3S. The van der Waals surface area contributed by atoms with Gasteiger partial charge < -0.3 is 0 Å². The summed E-state index contributed by atoms with van der Waals surface area (Å²) >= 11 is 1.76. The lowest BCUT2D eigenvalue weighted by atomic mass is 10.6. The van der Waals surface area contributed by atoms with E-state index in [0.29, 0.717) is 5.37 Å². The molecule has 4 heteroatoms. The van der Waals surface area contributed by atoms with Gasteiger partial charge in [-0.2, -0.15) is 0 Å². The molecule has 2 aliphatic rings. The second-order valence-corrected chi connectivity index (χ2v) is 2.71. The summed E-state index contributed by atoms with van der Waals surface area (Å²) in [6.07, 6.45) is 0. The predicted octanol–water partition coefficient (Wildman–Crippen LogP) is -0.477. The van der Waals surface area contributed by atoms with E-state index in [1.165, 1.54) is 0 Å². The summed E-state index contributed by atoms with van der Waals surface area (Å²) in [5.41, 5.74) is 5.96. The summed E-state index contributed by atoms with van der Waals surface area (Å²) in [5, 5.41) is 1.57. The number of aliphatic imine (C=N–C) groups is 1. The first-order valence-corrected chi connectivity index (χ1v) is 3.06. The van der Waals surface area contributed by atoms with Gasteiger partial charge in [0.05, 0.1) is 11.9 Å². The van der Waals surface area contributed by atoms with E-state index >= 15 is 0 Å². The van der Waals surface area contributed by atoms with Crippen LogP contribution in [0.25, 0.3) is 0 Å². The van der Waals surface area contributed by atoms with Crippen LogP contribution in [0.3, 0.4) is 0 Å². The minimum absolute atomic E-state index is 0.523. The number of fused-ring (bicyclic) bond motifs is 2. The van der Waals surface area contributed by atoms with E-state index in [1.807, 2.05) is 0 Å².